The first kappa shape index (κ1) is 11.6. The van der Waals surface area contributed by atoms with E-state index in [-0.39, 0.29) is 6.04 Å². The fourth-order valence-electron chi connectivity index (χ4n) is 3.73. The largest absolute Gasteiger partial charge is 0.352 e. The van der Waals surface area contributed by atoms with Crippen molar-refractivity contribution >= 4 is 23.0 Å². The fraction of sp³-hybridized carbons (Fsp3) is 0.467. The summed E-state index contributed by atoms with van der Waals surface area (Å²) in [6.45, 7) is 2.40. The number of nitrogens with zero attached hydrogens (tertiary/aromatic N) is 2. The molecule has 98 valence electrons. The lowest BCUT2D eigenvalue weighted by Gasteiger charge is -2.51. The summed E-state index contributed by atoms with van der Waals surface area (Å²) in [5.74, 6) is 0.654. The van der Waals surface area contributed by atoms with E-state index in [9.17, 15) is 0 Å². The van der Waals surface area contributed by atoms with Crippen molar-refractivity contribution in [2.45, 2.75) is 24.9 Å². The summed E-state index contributed by atoms with van der Waals surface area (Å²) in [6, 6.07) is 11.3. The zero-order valence-corrected chi connectivity index (χ0v) is 11.6. The second-order valence-corrected chi connectivity index (χ2v) is 6.02. The predicted molar refractivity (Wildman–Crippen MR) is 80.4 cm³/mol. The molecular weight excluding hydrogens is 254 g/mol. The maximum Gasteiger partial charge on any atom is 0.193 e. The lowest BCUT2D eigenvalue weighted by molar-refractivity contribution is 0.123. The zero-order chi connectivity index (χ0) is 12.8. The van der Waals surface area contributed by atoms with Gasteiger partial charge in [0.1, 0.15) is 0 Å². The average molecular weight is 271 g/mol. The lowest BCUT2D eigenvalue weighted by atomic mass is 9.76. The molecule has 2 atom stereocenters. The second kappa shape index (κ2) is 4.39. The third-order valence-electron chi connectivity index (χ3n) is 4.63. The van der Waals surface area contributed by atoms with Crippen LogP contribution in [0.4, 0.5) is 0 Å². The number of fused-ring (bicyclic) bond motifs is 2. The molecule has 4 aliphatic rings. The van der Waals surface area contributed by atoms with Crippen LogP contribution in [0.1, 0.15) is 24.4 Å². The van der Waals surface area contributed by atoms with E-state index in [4.69, 9.17) is 12.2 Å². The van der Waals surface area contributed by atoms with E-state index < -0.39 is 0 Å². The van der Waals surface area contributed by atoms with Crippen LogP contribution >= 0.6 is 12.2 Å². The van der Waals surface area contributed by atoms with E-state index >= 15 is 0 Å². The third kappa shape index (κ3) is 1.82. The molecule has 3 saturated heterocycles. The van der Waals surface area contributed by atoms with Crippen LogP contribution in [0, 0.1) is 5.92 Å². The van der Waals surface area contributed by atoms with E-state index in [1.807, 2.05) is 0 Å². The summed E-state index contributed by atoms with van der Waals surface area (Å²) >= 11 is 5.35. The van der Waals surface area contributed by atoms with Crippen molar-refractivity contribution in [3.8, 4) is 0 Å². The van der Waals surface area contributed by atoms with E-state index in [1.54, 1.807) is 0 Å². The van der Waals surface area contributed by atoms with Crippen molar-refractivity contribution in [3.05, 3.63) is 35.9 Å². The molecule has 4 heteroatoms. The average Bonchev–Trinajstić information content (AvgIpc) is 2.48. The van der Waals surface area contributed by atoms with E-state index in [1.165, 1.54) is 37.2 Å². The standard InChI is InChI=1S/C15H17N3S/c19-15-16-12(10-4-2-1-3-5-10)14-13(17-15)11-6-8-18(14)9-7-11/h1-5,11-12,14H,6-9H2,(H,16,19). The number of rotatable bonds is 1. The van der Waals surface area contributed by atoms with Crippen LogP contribution in [0.2, 0.25) is 0 Å². The summed E-state index contributed by atoms with van der Waals surface area (Å²) in [7, 11) is 0. The first-order valence-corrected chi connectivity index (χ1v) is 7.42. The highest BCUT2D eigenvalue weighted by Gasteiger charge is 2.45. The molecule has 4 heterocycles. The van der Waals surface area contributed by atoms with Crippen LogP contribution in [-0.2, 0) is 0 Å². The Balaban J connectivity index is 1.77. The molecule has 1 aromatic rings. The van der Waals surface area contributed by atoms with E-state index in [2.05, 4.69) is 45.5 Å². The fourth-order valence-corrected chi connectivity index (χ4v) is 3.96. The summed E-state index contributed by atoms with van der Waals surface area (Å²) in [6.07, 6.45) is 2.50. The quantitative estimate of drug-likeness (QED) is 0.793. The van der Waals surface area contributed by atoms with Gasteiger partial charge in [-0.15, -0.1) is 0 Å². The van der Waals surface area contributed by atoms with Crippen molar-refractivity contribution in [3.63, 3.8) is 0 Å². The Kier molecular flexibility index (Phi) is 2.67. The molecule has 0 spiro atoms. The number of benzene rings is 1. The Morgan fingerprint density at radius 1 is 1.16 bits per heavy atom. The maximum absolute atomic E-state index is 5.35. The summed E-state index contributed by atoms with van der Waals surface area (Å²) < 4.78 is 0. The molecule has 0 saturated carbocycles. The molecule has 19 heavy (non-hydrogen) atoms. The SMILES string of the molecule is S=C1N=C2C3CCN(CC3)C2C(c2ccccc2)N1. The zero-order valence-electron chi connectivity index (χ0n) is 10.7. The van der Waals surface area contributed by atoms with Crippen molar-refractivity contribution < 1.29 is 0 Å². The van der Waals surface area contributed by atoms with Gasteiger partial charge in [0.05, 0.1) is 12.1 Å². The molecular formula is C15H17N3S. The van der Waals surface area contributed by atoms with Crippen molar-refractivity contribution in [1.29, 1.82) is 0 Å². The Bertz CT molecular complexity index is 532. The minimum atomic E-state index is 0.268. The number of hydrogen-bond acceptors (Lipinski definition) is 2. The molecule has 2 bridgehead atoms. The minimum Gasteiger partial charge on any atom is -0.352 e. The molecule has 0 amide bonds. The first-order chi connectivity index (χ1) is 9.33. The van der Waals surface area contributed by atoms with Gasteiger partial charge in [0, 0.05) is 11.6 Å². The predicted octanol–water partition coefficient (Wildman–Crippen LogP) is 2.15. The van der Waals surface area contributed by atoms with Crippen molar-refractivity contribution in [1.82, 2.24) is 10.2 Å². The monoisotopic (exact) mass is 271 g/mol. The van der Waals surface area contributed by atoms with E-state index in [0.29, 0.717) is 17.1 Å². The van der Waals surface area contributed by atoms with Crippen molar-refractivity contribution in [2.24, 2.45) is 10.9 Å². The summed E-state index contributed by atoms with van der Waals surface area (Å²) in [4.78, 5) is 7.23. The van der Waals surface area contributed by atoms with Gasteiger partial charge in [-0.3, -0.25) is 4.90 Å². The van der Waals surface area contributed by atoms with Crippen LogP contribution in [0.5, 0.6) is 0 Å². The summed E-state index contributed by atoms with van der Waals surface area (Å²) in [5.41, 5.74) is 2.64. The molecule has 1 aromatic carbocycles. The lowest BCUT2D eigenvalue weighted by Crippen LogP contribution is -2.62. The first-order valence-electron chi connectivity index (χ1n) is 7.01. The number of hydrogen-bond donors (Lipinski definition) is 1. The van der Waals surface area contributed by atoms with Gasteiger partial charge in [0.15, 0.2) is 5.11 Å². The number of nitrogens with one attached hydrogen (secondary N) is 1. The maximum atomic E-state index is 5.35. The van der Waals surface area contributed by atoms with Gasteiger partial charge in [-0.25, -0.2) is 4.99 Å². The van der Waals surface area contributed by atoms with E-state index in [0.717, 1.165) is 0 Å². The van der Waals surface area contributed by atoms with Gasteiger partial charge in [-0.1, -0.05) is 30.3 Å². The van der Waals surface area contributed by atoms with Crippen LogP contribution < -0.4 is 5.32 Å². The molecule has 5 rings (SSSR count). The minimum absolute atomic E-state index is 0.268. The molecule has 1 N–H and O–H groups in total. The van der Waals surface area contributed by atoms with Gasteiger partial charge in [0.2, 0.25) is 0 Å². The Morgan fingerprint density at radius 2 is 1.89 bits per heavy atom. The smallest absolute Gasteiger partial charge is 0.193 e. The molecule has 3 fully saturated rings. The van der Waals surface area contributed by atoms with Crippen molar-refractivity contribution in [2.75, 3.05) is 13.1 Å². The molecule has 2 unspecified atom stereocenters. The molecule has 4 aliphatic heterocycles. The van der Waals surface area contributed by atoms with Gasteiger partial charge >= 0.3 is 0 Å². The highest BCUT2D eigenvalue weighted by Crippen LogP contribution is 2.37. The molecule has 0 radical (unpaired) electrons. The van der Waals surface area contributed by atoms with Gasteiger partial charge in [-0.2, -0.15) is 0 Å². The normalized spacial score (nSPS) is 36.4. The van der Waals surface area contributed by atoms with Crippen LogP contribution in [0.25, 0.3) is 0 Å². The Hall–Kier alpha value is -1.26. The topological polar surface area (TPSA) is 27.6 Å². The third-order valence-corrected chi connectivity index (χ3v) is 4.84. The van der Waals surface area contributed by atoms with Crippen LogP contribution in [0.15, 0.2) is 35.3 Å². The Labute approximate surface area is 118 Å². The molecule has 3 nitrogen and oxygen atoms in total. The van der Waals surface area contributed by atoms with Gasteiger partial charge in [-0.05, 0) is 43.7 Å². The number of piperidine rings is 3. The highest BCUT2D eigenvalue weighted by atomic mass is 32.1. The molecule has 0 aromatic heterocycles. The number of aliphatic imine (C=N–C) groups is 1. The number of thiocarbonyl (C=S) groups is 1. The van der Waals surface area contributed by atoms with Gasteiger partial charge < -0.3 is 5.32 Å². The Morgan fingerprint density at radius 3 is 2.63 bits per heavy atom. The molecule has 0 aliphatic carbocycles. The highest BCUT2D eigenvalue weighted by molar-refractivity contribution is 7.80. The van der Waals surface area contributed by atoms with Gasteiger partial charge in [0.25, 0.3) is 0 Å². The summed E-state index contributed by atoms with van der Waals surface area (Å²) in [5, 5.41) is 4.08. The van der Waals surface area contributed by atoms with Crippen LogP contribution in [0.3, 0.4) is 0 Å². The van der Waals surface area contributed by atoms with Crippen LogP contribution in [-0.4, -0.2) is 34.9 Å². The second-order valence-electron chi connectivity index (χ2n) is 5.63.